The van der Waals surface area contributed by atoms with Gasteiger partial charge in [-0.3, -0.25) is 4.79 Å². The molecule has 1 atom stereocenters. The number of hydrogen-bond donors (Lipinski definition) is 2. The Morgan fingerprint density at radius 2 is 2.35 bits per heavy atom. The van der Waals surface area contributed by atoms with Crippen LogP contribution in [-0.2, 0) is 0 Å². The molecule has 1 aliphatic heterocycles. The molecule has 94 valence electrons. The number of aromatic nitrogens is 2. The second-order valence-corrected chi connectivity index (χ2v) is 5.38. The largest absolute Gasteiger partial charge is 0.351 e. The van der Waals surface area contributed by atoms with E-state index in [2.05, 4.69) is 37.5 Å². The maximum Gasteiger partial charge on any atom is 0.266 e. The van der Waals surface area contributed by atoms with Gasteiger partial charge in [0.15, 0.2) is 0 Å². The van der Waals surface area contributed by atoms with E-state index in [-0.39, 0.29) is 5.56 Å². The van der Waals surface area contributed by atoms with Crippen molar-refractivity contribution in [3.8, 4) is 0 Å². The molecule has 0 amide bonds. The fourth-order valence-electron chi connectivity index (χ4n) is 2.28. The molecule has 1 aromatic rings. The first-order valence-electron chi connectivity index (χ1n) is 5.94. The minimum absolute atomic E-state index is 0.0735. The molecule has 0 bridgehead atoms. The second kappa shape index (κ2) is 5.81. The number of anilines is 1. The average Bonchev–Trinajstić information content (AvgIpc) is 2.57. The highest BCUT2D eigenvalue weighted by Gasteiger charge is 2.23. The standard InChI is InChI=1S/C11H17IN4O/c12-9-10(14-7-15-11(9)17)16-5-3-1-2-4-8(16)6-13/h7-8H,1-6,13H2,(H,14,15,17). The quantitative estimate of drug-likeness (QED) is 0.785. The van der Waals surface area contributed by atoms with Crippen LogP contribution in [0.25, 0.3) is 0 Å². The van der Waals surface area contributed by atoms with Crippen molar-refractivity contribution in [1.29, 1.82) is 0 Å². The average molecular weight is 348 g/mol. The number of halogens is 1. The molecule has 5 nitrogen and oxygen atoms in total. The van der Waals surface area contributed by atoms with Crippen molar-refractivity contribution < 1.29 is 0 Å². The van der Waals surface area contributed by atoms with Crippen molar-refractivity contribution in [3.63, 3.8) is 0 Å². The lowest BCUT2D eigenvalue weighted by Crippen LogP contribution is -2.42. The predicted octanol–water partition coefficient (Wildman–Crippen LogP) is 1.08. The summed E-state index contributed by atoms with van der Waals surface area (Å²) in [5, 5.41) is 0. The predicted molar refractivity (Wildman–Crippen MR) is 76.2 cm³/mol. The molecule has 0 spiro atoms. The summed E-state index contributed by atoms with van der Waals surface area (Å²) in [6.07, 6.45) is 6.13. The lowest BCUT2D eigenvalue weighted by molar-refractivity contribution is 0.574. The fourth-order valence-corrected chi connectivity index (χ4v) is 2.88. The number of rotatable bonds is 2. The summed E-state index contributed by atoms with van der Waals surface area (Å²) in [5.74, 6) is 0.784. The van der Waals surface area contributed by atoms with E-state index in [0.717, 1.165) is 25.2 Å². The molecule has 0 aromatic carbocycles. The van der Waals surface area contributed by atoms with Gasteiger partial charge in [-0.1, -0.05) is 12.8 Å². The zero-order valence-electron chi connectivity index (χ0n) is 9.66. The molecule has 1 unspecified atom stereocenters. The first kappa shape index (κ1) is 12.8. The van der Waals surface area contributed by atoms with E-state index in [9.17, 15) is 4.79 Å². The van der Waals surface area contributed by atoms with Crippen molar-refractivity contribution in [1.82, 2.24) is 9.97 Å². The van der Waals surface area contributed by atoms with Gasteiger partial charge in [0.05, 0.1) is 6.33 Å². The molecule has 1 aromatic heterocycles. The van der Waals surface area contributed by atoms with Gasteiger partial charge in [-0.15, -0.1) is 0 Å². The maximum absolute atomic E-state index is 11.6. The van der Waals surface area contributed by atoms with E-state index < -0.39 is 0 Å². The SMILES string of the molecule is NCC1CCCCCN1c1nc[nH]c(=O)c1I. The molecule has 6 heteroatoms. The summed E-state index contributed by atoms with van der Waals surface area (Å²) in [4.78, 5) is 20.7. The van der Waals surface area contributed by atoms with Gasteiger partial charge in [0.25, 0.3) is 5.56 Å². The summed E-state index contributed by atoms with van der Waals surface area (Å²) in [5.41, 5.74) is 5.76. The van der Waals surface area contributed by atoms with Gasteiger partial charge < -0.3 is 15.6 Å². The Morgan fingerprint density at radius 1 is 1.53 bits per heavy atom. The Labute approximate surface area is 114 Å². The molecule has 1 fully saturated rings. The third-order valence-electron chi connectivity index (χ3n) is 3.20. The fraction of sp³-hybridized carbons (Fsp3) is 0.636. The summed E-state index contributed by atoms with van der Waals surface area (Å²) >= 11 is 2.06. The zero-order chi connectivity index (χ0) is 12.3. The number of aromatic amines is 1. The van der Waals surface area contributed by atoms with Crippen LogP contribution in [0.3, 0.4) is 0 Å². The van der Waals surface area contributed by atoms with E-state index in [1.165, 1.54) is 19.2 Å². The highest BCUT2D eigenvalue weighted by atomic mass is 127. The van der Waals surface area contributed by atoms with Gasteiger partial charge in [-0.05, 0) is 35.4 Å². The van der Waals surface area contributed by atoms with Gasteiger partial charge in [0, 0.05) is 19.1 Å². The van der Waals surface area contributed by atoms with Crippen LogP contribution < -0.4 is 16.2 Å². The summed E-state index contributed by atoms with van der Waals surface area (Å²) in [6.45, 7) is 1.55. The van der Waals surface area contributed by atoms with E-state index in [0.29, 0.717) is 16.2 Å². The topological polar surface area (TPSA) is 75.0 Å². The Morgan fingerprint density at radius 3 is 3.12 bits per heavy atom. The molecule has 2 heterocycles. The lowest BCUT2D eigenvalue weighted by atomic mass is 10.1. The first-order chi connectivity index (χ1) is 8.24. The van der Waals surface area contributed by atoms with Gasteiger partial charge in [-0.2, -0.15) is 0 Å². The molecule has 17 heavy (non-hydrogen) atoms. The van der Waals surface area contributed by atoms with Gasteiger partial charge in [-0.25, -0.2) is 4.98 Å². The van der Waals surface area contributed by atoms with Crippen LogP contribution in [-0.4, -0.2) is 29.1 Å². The van der Waals surface area contributed by atoms with Crippen LogP contribution in [0.5, 0.6) is 0 Å². The molecular weight excluding hydrogens is 331 g/mol. The highest BCUT2D eigenvalue weighted by molar-refractivity contribution is 14.1. The Hall–Kier alpha value is -0.630. The van der Waals surface area contributed by atoms with Crippen molar-refractivity contribution >= 4 is 28.4 Å². The minimum atomic E-state index is -0.0735. The van der Waals surface area contributed by atoms with E-state index >= 15 is 0 Å². The molecule has 1 saturated heterocycles. The monoisotopic (exact) mass is 348 g/mol. The summed E-state index contributed by atoms with van der Waals surface area (Å²) in [6, 6.07) is 0.306. The lowest BCUT2D eigenvalue weighted by Gasteiger charge is -2.30. The first-order valence-corrected chi connectivity index (χ1v) is 7.02. The van der Waals surface area contributed by atoms with Crippen molar-refractivity contribution in [2.75, 3.05) is 18.0 Å². The molecule has 1 aliphatic rings. The molecular formula is C11H17IN4O. The van der Waals surface area contributed by atoms with Crippen LogP contribution in [0, 0.1) is 3.57 Å². The normalized spacial score (nSPS) is 21.3. The Bertz CT molecular complexity index is 434. The number of nitrogens with two attached hydrogens (primary N) is 1. The van der Waals surface area contributed by atoms with Crippen LogP contribution in [0.2, 0.25) is 0 Å². The van der Waals surface area contributed by atoms with Crippen molar-refractivity contribution in [2.45, 2.75) is 31.7 Å². The zero-order valence-corrected chi connectivity index (χ0v) is 11.8. The van der Waals surface area contributed by atoms with Crippen LogP contribution in [0.4, 0.5) is 5.82 Å². The van der Waals surface area contributed by atoms with Gasteiger partial charge in [0.1, 0.15) is 9.39 Å². The molecule has 2 rings (SSSR count). The molecule has 0 saturated carbocycles. The van der Waals surface area contributed by atoms with Crippen LogP contribution in [0.15, 0.2) is 11.1 Å². The Balaban J connectivity index is 2.35. The number of H-pyrrole nitrogens is 1. The minimum Gasteiger partial charge on any atom is -0.351 e. The maximum atomic E-state index is 11.6. The summed E-state index contributed by atoms with van der Waals surface area (Å²) < 4.78 is 0.658. The Kier molecular flexibility index (Phi) is 4.38. The van der Waals surface area contributed by atoms with Crippen LogP contribution >= 0.6 is 22.6 Å². The van der Waals surface area contributed by atoms with Gasteiger partial charge >= 0.3 is 0 Å². The third-order valence-corrected chi connectivity index (χ3v) is 4.17. The van der Waals surface area contributed by atoms with Crippen molar-refractivity contribution in [2.24, 2.45) is 5.73 Å². The van der Waals surface area contributed by atoms with Gasteiger partial charge in [0.2, 0.25) is 0 Å². The third kappa shape index (κ3) is 2.79. The van der Waals surface area contributed by atoms with E-state index in [1.807, 2.05) is 0 Å². The van der Waals surface area contributed by atoms with Crippen molar-refractivity contribution in [3.05, 3.63) is 20.3 Å². The number of nitrogens with one attached hydrogen (secondary N) is 1. The number of nitrogens with zero attached hydrogens (tertiary/aromatic N) is 2. The second-order valence-electron chi connectivity index (χ2n) is 4.30. The molecule has 0 radical (unpaired) electrons. The molecule has 0 aliphatic carbocycles. The summed E-state index contributed by atoms with van der Waals surface area (Å²) in [7, 11) is 0. The van der Waals surface area contributed by atoms with E-state index in [1.54, 1.807) is 0 Å². The number of hydrogen-bond acceptors (Lipinski definition) is 4. The highest BCUT2D eigenvalue weighted by Crippen LogP contribution is 2.24. The smallest absolute Gasteiger partial charge is 0.266 e. The van der Waals surface area contributed by atoms with Crippen LogP contribution in [0.1, 0.15) is 25.7 Å². The molecule has 3 N–H and O–H groups in total. The van der Waals surface area contributed by atoms with E-state index in [4.69, 9.17) is 5.73 Å².